The molecule has 1 aliphatic heterocycles. The molecule has 8 heteroatoms. The number of rotatable bonds is 3. The zero-order valence-electron chi connectivity index (χ0n) is 15.1. The Balaban J connectivity index is 1.45. The van der Waals surface area contributed by atoms with Crippen LogP contribution in [0.25, 0.3) is 10.9 Å². The number of H-pyrrole nitrogens is 1. The summed E-state index contributed by atoms with van der Waals surface area (Å²) in [6, 6.07) is 7.29. The quantitative estimate of drug-likeness (QED) is 0.727. The summed E-state index contributed by atoms with van der Waals surface area (Å²) in [5.41, 5.74) is 2.91. The highest BCUT2D eigenvalue weighted by atomic mass is 35.5. The summed E-state index contributed by atoms with van der Waals surface area (Å²) in [6.07, 6.45) is 2.27. The first kappa shape index (κ1) is 17.6. The number of fused-ring (bicyclic) bond motifs is 1. The Morgan fingerprint density at radius 2 is 2.19 bits per heavy atom. The maximum absolute atomic E-state index is 12.8. The number of carbonyl (C=O) groups is 2. The molecule has 7 nitrogen and oxygen atoms in total. The molecule has 3 aromatic rings. The van der Waals surface area contributed by atoms with Crippen LogP contribution in [-0.4, -0.2) is 44.6 Å². The second-order valence-corrected chi connectivity index (χ2v) is 7.28. The van der Waals surface area contributed by atoms with Gasteiger partial charge in [-0.25, -0.2) is 0 Å². The molecule has 0 radical (unpaired) electrons. The highest BCUT2D eigenvalue weighted by molar-refractivity contribution is 6.35. The molecule has 140 valence electrons. The number of carbonyl (C=O) groups excluding carboxylic acids is 2. The van der Waals surface area contributed by atoms with E-state index in [1.165, 1.54) is 0 Å². The molecule has 2 aromatic heterocycles. The third-order valence-corrected chi connectivity index (χ3v) is 5.51. The van der Waals surface area contributed by atoms with Crippen LogP contribution in [0.1, 0.15) is 22.6 Å². The van der Waals surface area contributed by atoms with E-state index in [1.807, 2.05) is 26.1 Å². The maximum Gasteiger partial charge on any atom is 0.270 e. The van der Waals surface area contributed by atoms with Gasteiger partial charge in [0.25, 0.3) is 5.91 Å². The minimum Gasteiger partial charge on any atom is -0.350 e. The van der Waals surface area contributed by atoms with Crippen molar-refractivity contribution in [2.45, 2.75) is 13.3 Å². The zero-order chi connectivity index (χ0) is 19.1. The van der Waals surface area contributed by atoms with Crippen molar-refractivity contribution < 1.29 is 9.59 Å². The van der Waals surface area contributed by atoms with Gasteiger partial charge in [-0.1, -0.05) is 17.7 Å². The molecule has 0 bridgehead atoms. The molecule has 1 fully saturated rings. The van der Waals surface area contributed by atoms with Crippen LogP contribution < -0.4 is 5.32 Å². The molecule has 0 spiro atoms. The van der Waals surface area contributed by atoms with Crippen molar-refractivity contribution in [2.24, 2.45) is 13.0 Å². The fourth-order valence-corrected chi connectivity index (χ4v) is 3.65. The van der Waals surface area contributed by atoms with E-state index in [2.05, 4.69) is 15.4 Å². The average molecular weight is 386 g/mol. The van der Waals surface area contributed by atoms with Gasteiger partial charge in [0.05, 0.1) is 23.5 Å². The number of benzene rings is 1. The van der Waals surface area contributed by atoms with Crippen LogP contribution in [0.3, 0.4) is 0 Å². The minimum atomic E-state index is -0.235. The Morgan fingerprint density at radius 3 is 2.89 bits per heavy atom. The van der Waals surface area contributed by atoms with Gasteiger partial charge >= 0.3 is 0 Å². The van der Waals surface area contributed by atoms with Gasteiger partial charge in [-0.3, -0.25) is 14.3 Å². The Labute approximate surface area is 161 Å². The third kappa shape index (κ3) is 3.19. The number of anilines is 1. The average Bonchev–Trinajstić information content (AvgIpc) is 3.37. The van der Waals surface area contributed by atoms with Crippen LogP contribution in [0, 0.1) is 12.8 Å². The lowest BCUT2D eigenvalue weighted by molar-refractivity contribution is -0.119. The van der Waals surface area contributed by atoms with Crippen LogP contribution in [0.2, 0.25) is 5.02 Å². The first-order chi connectivity index (χ1) is 12.9. The van der Waals surface area contributed by atoms with E-state index in [0.717, 1.165) is 16.6 Å². The van der Waals surface area contributed by atoms with Crippen molar-refractivity contribution in [3.05, 3.63) is 46.9 Å². The molecule has 2 N–H and O–H groups in total. The van der Waals surface area contributed by atoms with Crippen molar-refractivity contribution in [2.75, 3.05) is 18.4 Å². The molecule has 2 amide bonds. The van der Waals surface area contributed by atoms with Gasteiger partial charge in [0.2, 0.25) is 5.91 Å². The fraction of sp³-hybridized carbons (Fsp3) is 0.316. The zero-order valence-corrected chi connectivity index (χ0v) is 15.9. The van der Waals surface area contributed by atoms with Gasteiger partial charge in [0.1, 0.15) is 5.69 Å². The number of aromatic nitrogens is 3. The summed E-state index contributed by atoms with van der Waals surface area (Å²) in [5.74, 6) is -0.433. The Morgan fingerprint density at radius 1 is 1.37 bits per heavy atom. The first-order valence-electron chi connectivity index (χ1n) is 8.80. The van der Waals surface area contributed by atoms with Crippen molar-refractivity contribution in [1.29, 1.82) is 0 Å². The van der Waals surface area contributed by atoms with E-state index in [1.54, 1.807) is 27.9 Å². The number of aryl methyl sites for hydroxylation is 1. The summed E-state index contributed by atoms with van der Waals surface area (Å²) in [6.45, 7) is 2.84. The van der Waals surface area contributed by atoms with E-state index in [0.29, 0.717) is 35.9 Å². The van der Waals surface area contributed by atoms with Gasteiger partial charge in [0, 0.05) is 36.1 Å². The number of likely N-dealkylation sites (tertiary alicyclic amines) is 1. The Bertz CT molecular complexity index is 1040. The topological polar surface area (TPSA) is 83.0 Å². The third-order valence-electron chi connectivity index (χ3n) is 5.18. The number of aromatic amines is 1. The summed E-state index contributed by atoms with van der Waals surface area (Å²) in [5, 5.41) is 8.47. The molecule has 1 aliphatic rings. The summed E-state index contributed by atoms with van der Waals surface area (Å²) in [4.78, 5) is 30.2. The van der Waals surface area contributed by atoms with E-state index in [9.17, 15) is 9.59 Å². The van der Waals surface area contributed by atoms with Crippen molar-refractivity contribution >= 4 is 40.0 Å². The summed E-state index contributed by atoms with van der Waals surface area (Å²) in [7, 11) is 1.83. The molecule has 27 heavy (non-hydrogen) atoms. The van der Waals surface area contributed by atoms with Gasteiger partial charge in [-0.15, -0.1) is 0 Å². The van der Waals surface area contributed by atoms with Gasteiger partial charge in [0.15, 0.2) is 0 Å². The van der Waals surface area contributed by atoms with Crippen LogP contribution in [0.4, 0.5) is 5.69 Å². The van der Waals surface area contributed by atoms with Crippen molar-refractivity contribution in [3.63, 3.8) is 0 Å². The predicted molar refractivity (Wildman–Crippen MR) is 104 cm³/mol. The number of halogens is 1. The van der Waals surface area contributed by atoms with Gasteiger partial charge < -0.3 is 15.2 Å². The Hall–Kier alpha value is -2.80. The lowest BCUT2D eigenvalue weighted by Gasteiger charge is -2.15. The molecule has 0 saturated carbocycles. The molecule has 1 unspecified atom stereocenters. The van der Waals surface area contributed by atoms with Crippen LogP contribution >= 0.6 is 11.6 Å². The summed E-state index contributed by atoms with van der Waals surface area (Å²) < 4.78 is 1.71. The molecule has 1 aromatic carbocycles. The normalized spacial score (nSPS) is 16.9. The van der Waals surface area contributed by atoms with Crippen LogP contribution in [0.5, 0.6) is 0 Å². The largest absolute Gasteiger partial charge is 0.350 e. The first-order valence-corrected chi connectivity index (χ1v) is 9.18. The van der Waals surface area contributed by atoms with Crippen LogP contribution in [-0.2, 0) is 11.8 Å². The van der Waals surface area contributed by atoms with Gasteiger partial charge in [-0.2, -0.15) is 5.10 Å². The fourth-order valence-electron chi connectivity index (χ4n) is 3.42. The van der Waals surface area contributed by atoms with E-state index < -0.39 is 0 Å². The number of nitrogens with one attached hydrogen (secondary N) is 2. The lowest BCUT2D eigenvalue weighted by Crippen LogP contribution is -2.31. The van der Waals surface area contributed by atoms with E-state index in [-0.39, 0.29) is 17.7 Å². The number of nitrogens with zero attached hydrogens (tertiary/aromatic N) is 3. The highest BCUT2D eigenvalue weighted by Gasteiger charge is 2.32. The number of amides is 2. The smallest absolute Gasteiger partial charge is 0.270 e. The summed E-state index contributed by atoms with van der Waals surface area (Å²) >= 11 is 6.19. The molecular formula is C19H20ClN5O2. The number of hydrogen-bond donors (Lipinski definition) is 2. The lowest BCUT2D eigenvalue weighted by atomic mass is 10.1. The van der Waals surface area contributed by atoms with E-state index in [4.69, 9.17) is 11.6 Å². The Kier molecular flexibility index (Phi) is 4.39. The van der Waals surface area contributed by atoms with Crippen molar-refractivity contribution in [3.8, 4) is 0 Å². The molecular weight excluding hydrogens is 366 g/mol. The maximum atomic E-state index is 12.8. The molecule has 0 aliphatic carbocycles. The van der Waals surface area contributed by atoms with Gasteiger partial charge in [-0.05, 0) is 31.5 Å². The second-order valence-electron chi connectivity index (χ2n) is 6.88. The second kappa shape index (κ2) is 6.74. The molecule has 1 atom stereocenters. The number of hydrogen-bond acceptors (Lipinski definition) is 3. The van der Waals surface area contributed by atoms with E-state index >= 15 is 0 Å². The molecule has 1 saturated heterocycles. The molecule has 4 rings (SSSR count). The molecule has 3 heterocycles. The van der Waals surface area contributed by atoms with Crippen LogP contribution in [0.15, 0.2) is 30.5 Å². The SMILES string of the molecule is Cc1c(NC(=O)C2CCN(C(=O)c3cc4c(Cl)cccc4[nH]3)C2)cnn1C. The predicted octanol–water partition coefficient (Wildman–Crippen LogP) is 2.96. The standard InChI is InChI=1S/C19H20ClN5O2/c1-11-17(9-21-24(11)2)23-18(26)12-6-7-25(10-12)19(27)16-8-13-14(20)4-3-5-15(13)22-16/h3-5,8-9,12,22H,6-7,10H2,1-2H3,(H,23,26). The minimum absolute atomic E-state index is 0.0823. The van der Waals surface area contributed by atoms with Crippen molar-refractivity contribution in [1.82, 2.24) is 19.7 Å². The monoisotopic (exact) mass is 385 g/mol. The highest BCUT2D eigenvalue weighted by Crippen LogP contribution is 2.26.